The van der Waals surface area contributed by atoms with E-state index in [-0.39, 0.29) is 10.8 Å². The minimum atomic E-state index is -2.68. The number of aromatic nitrogens is 3. The summed E-state index contributed by atoms with van der Waals surface area (Å²) in [5.41, 5.74) is 7.43. The minimum absolute atomic E-state index is 0.0701. The van der Waals surface area contributed by atoms with E-state index < -0.39 is 21.8 Å². The summed E-state index contributed by atoms with van der Waals surface area (Å²) < 4.78 is 10.7. The van der Waals surface area contributed by atoms with Crippen LogP contribution in [0.4, 0.5) is 0 Å². The van der Waals surface area contributed by atoms with Gasteiger partial charge in [-0.1, -0.05) is 13.8 Å². The van der Waals surface area contributed by atoms with E-state index in [1.165, 1.54) is 23.2 Å². The number of pyridine rings is 1. The van der Waals surface area contributed by atoms with Crippen molar-refractivity contribution < 1.29 is 4.74 Å². The summed E-state index contributed by atoms with van der Waals surface area (Å²) in [5, 5.41) is 0. The molecule has 0 atom stereocenters. The van der Waals surface area contributed by atoms with Crippen LogP contribution in [0, 0.1) is 0 Å². The van der Waals surface area contributed by atoms with Crippen LogP contribution in [0.2, 0.25) is 0 Å². The van der Waals surface area contributed by atoms with Gasteiger partial charge in [0.05, 0.1) is 0 Å². The molecule has 0 saturated carbocycles. The third-order valence-corrected chi connectivity index (χ3v) is 17.8. The van der Waals surface area contributed by atoms with Gasteiger partial charge in [-0.3, -0.25) is 0 Å². The molecule has 4 nitrogen and oxygen atoms in total. The zero-order valence-corrected chi connectivity index (χ0v) is 33.4. The van der Waals surface area contributed by atoms with E-state index in [0.29, 0.717) is 5.92 Å². The first-order chi connectivity index (χ1) is 23.3. The fourth-order valence-electron chi connectivity index (χ4n) is 5.77. The Morgan fingerprint density at radius 2 is 1.06 bits per heavy atom. The fraction of sp³-hybridized carbons (Fsp3) is 0.250. The molecule has 0 saturated heterocycles. The van der Waals surface area contributed by atoms with Gasteiger partial charge >= 0.3 is 264 Å². The van der Waals surface area contributed by atoms with Crippen LogP contribution in [-0.2, 0) is 10.8 Å². The molecule has 6 aromatic rings. The maximum atomic E-state index is 6.81. The Hall–Kier alpha value is -4.21. The molecule has 5 heteroatoms. The van der Waals surface area contributed by atoms with Crippen LogP contribution in [0.25, 0.3) is 22.5 Å². The van der Waals surface area contributed by atoms with Crippen molar-refractivity contribution in [3.8, 4) is 34.0 Å². The Bertz CT molecular complexity index is 2000. The Labute approximate surface area is 300 Å². The van der Waals surface area contributed by atoms with Gasteiger partial charge in [-0.2, -0.15) is 0 Å². The van der Waals surface area contributed by atoms with Crippen LogP contribution in [0.15, 0.2) is 128 Å². The molecule has 6 rings (SSSR count). The van der Waals surface area contributed by atoms with E-state index in [0.717, 1.165) is 37.4 Å². The zero-order chi connectivity index (χ0) is 34.8. The number of nitrogens with zero attached hydrogens (tertiary/aromatic N) is 3. The first-order valence-electron chi connectivity index (χ1n) is 17.0. The Morgan fingerprint density at radius 3 is 1.55 bits per heavy atom. The van der Waals surface area contributed by atoms with E-state index in [9.17, 15) is 0 Å². The molecule has 0 aliphatic carbocycles. The predicted molar refractivity (Wildman–Crippen MR) is 206 cm³/mol. The van der Waals surface area contributed by atoms with Crippen molar-refractivity contribution in [2.24, 2.45) is 0 Å². The number of ether oxygens (including phenoxy) is 1. The van der Waals surface area contributed by atoms with Crippen molar-refractivity contribution in [3.63, 3.8) is 0 Å². The van der Waals surface area contributed by atoms with E-state index in [2.05, 4.69) is 171 Å². The Morgan fingerprint density at radius 1 is 0.551 bits per heavy atom. The van der Waals surface area contributed by atoms with Gasteiger partial charge in [0.2, 0.25) is 0 Å². The Balaban J connectivity index is 1.44. The fourth-order valence-corrected chi connectivity index (χ4v) is 14.3. The van der Waals surface area contributed by atoms with E-state index in [1.807, 2.05) is 6.20 Å². The molecule has 0 aliphatic rings. The van der Waals surface area contributed by atoms with Crippen LogP contribution < -0.4 is 14.7 Å². The zero-order valence-electron chi connectivity index (χ0n) is 29.9. The maximum absolute atomic E-state index is 6.81. The molecule has 49 heavy (non-hydrogen) atoms. The molecule has 4 aromatic carbocycles. The molecule has 2 aromatic heterocycles. The van der Waals surface area contributed by atoms with Gasteiger partial charge in [0, 0.05) is 6.20 Å². The molecule has 248 valence electrons. The van der Waals surface area contributed by atoms with Crippen molar-refractivity contribution in [3.05, 3.63) is 144 Å². The van der Waals surface area contributed by atoms with Gasteiger partial charge in [0.1, 0.15) is 0 Å². The Kier molecular flexibility index (Phi) is 10.1. The van der Waals surface area contributed by atoms with Crippen molar-refractivity contribution in [2.45, 2.75) is 72.1 Å². The summed E-state index contributed by atoms with van der Waals surface area (Å²) in [6.45, 7) is 17.9. The van der Waals surface area contributed by atoms with Gasteiger partial charge in [-0.25, -0.2) is 0 Å². The second-order valence-corrected chi connectivity index (χ2v) is 23.4. The SMILES string of the molecule is CC(C)c1ccnc(-c2cc(Oc3cc(-c4c[c]([Bi]([c]5ccccc5)[c]5ccccc5)ncn4)cc(C(C)(C)C)c3)cc(C(C)(C)C)c2)c1. The summed E-state index contributed by atoms with van der Waals surface area (Å²) in [6, 6.07) is 41.3. The summed E-state index contributed by atoms with van der Waals surface area (Å²) in [7, 11) is 0. The van der Waals surface area contributed by atoms with Crippen LogP contribution in [0.1, 0.15) is 78.0 Å². The third kappa shape index (κ3) is 8.34. The molecule has 0 radical (unpaired) electrons. The second-order valence-electron chi connectivity index (χ2n) is 15.0. The van der Waals surface area contributed by atoms with Gasteiger partial charge in [-0.05, 0) is 17.5 Å². The van der Waals surface area contributed by atoms with Gasteiger partial charge in [0.25, 0.3) is 0 Å². The topological polar surface area (TPSA) is 47.9 Å². The van der Waals surface area contributed by atoms with Crippen molar-refractivity contribution >= 4 is 31.7 Å². The molecule has 0 spiro atoms. The normalized spacial score (nSPS) is 12.0. The average Bonchev–Trinajstić information content (AvgIpc) is 3.08. The first-order valence-corrected chi connectivity index (χ1v) is 22.2. The monoisotopic (exact) mass is 841 g/mol. The molecular weight excluding hydrogens is 795 g/mol. The number of rotatable bonds is 8. The first kappa shape index (κ1) is 34.6. The van der Waals surface area contributed by atoms with E-state index >= 15 is 0 Å². The van der Waals surface area contributed by atoms with Crippen LogP contribution in [0.5, 0.6) is 11.5 Å². The molecule has 0 bridgehead atoms. The van der Waals surface area contributed by atoms with E-state index in [1.54, 1.807) is 6.33 Å². The average molecular weight is 842 g/mol. The van der Waals surface area contributed by atoms with Crippen LogP contribution in [0.3, 0.4) is 0 Å². The molecule has 0 fully saturated rings. The summed E-state index contributed by atoms with van der Waals surface area (Å²) in [5.74, 6) is 2.00. The van der Waals surface area contributed by atoms with Gasteiger partial charge < -0.3 is 0 Å². The van der Waals surface area contributed by atoms with Crippen molar-refractivity contribution in [1.82, 2.24) is 15.0 Å². The standard InChI is InChI=1S/C32H36N3O.2C6H5.Bi/c1-21(2)22-9-12-34-30(17-22)24-14-26(32(6,7)8)19-28(16-24)36-27-15-23(29-10-11-33-20-35-29)13-25(18-27)31(3,4)5;2*1-2-4-6-5-3-1;/h9-10,12-21H,1-8H3;2*1-5H;. The third-order valence-electron chi connectivity index (χ3n) is 8.73. The number of hydrogen-bond donors (Lipinski definition) is 0. The predicted octanol–water partition coefficient (Wildman–Crippen LogP) is 9.23. The molecule has 0 N–H and O–H groups in total. The molecule has 0 unspecified atom stereocenters. The quantitative estimate of drug-likeness (QED) is 0.144. The summed E-state index contributed by atoms with van der Waals surface area (Å²) in [4.78, 5) is 14.5. The van der Waals surface area contributed by atoms with Crippen molar-refractivity contribution in [2.75, 3.05) is 0 Å². The molecule has 0 aliphatic heterocycles. The second kappa shape index (κ2) is 14.3. The van der Waals surface area contributed by atoms with E-state index in [4.69, 9.17) is 19.7 Å². The van der Waals surface area contributed by atoms with Crippen LogP contribution in [-0.4, -0.2) is 36.7 Å². The van der Waals surface area contributed by atoms with Gasteiger partial charge in [0.15, 0.2) is 0 Å². The van der Waals surface area contributed by atoms with Crippen molar-refractivity contribution in [1.29, 1.82) is 0 Å². The number of hydrogen-bond acceptors (Lipinski definition) is 4. The number of benzene rings is 4. The summed E-state index contributed by atoms with van der Waals surface area (Å²) >= 11 is -2.68. The molecule has 2 heterocycles. The van der Waals surface area contributed by atoms with Crippen LogP contribution >= 0.6 is 0 Å². The van der Waals surface area contributed by atoms with Gasteiger partial charge in [-0.15, -0.1) is 0 Å². The molecular formula is C44H46BiN3O. The summed E-state index contributed by atoms with van der Waals surface area (Å²) in [6.07, 6.45) is 3.65. The molecule has 0 amide bonds.